The molecule has 2 rings (SSSR count). The van der Waals surface area contributed by atoms with Gasteiger partial charge in [-0.3, -0.25) is 4.79 Å². The van der Waals surface area contributed by atoms with Crippen molar-refractivity contribution in [3.8, 4) is 0 Å². The number of benzene rings is 2. The van der Waals surface area contributed by atoms with Crippen molar-refractivity contribution in [2.45, 2.75) is 39.5 Å². The lowest BCUT2D eigenvalue weighted by Gasteiger charge is -2.20. The van der Waals surface area contributed by atoms with Crippen LogP contribution in [-0.2, 0) is 9.53 Å². The fraction of sp³-hybridized carbons (Fsp3) is 0.333. The first kappa shape index (κ1) is 20.9. The lowest BCUT2D eigenvalue weighted by molar-refractivity contribution is -0.119. The summed E-state index contributed by atoms with van der Waals surface area (Å²) in [4.78, 5) is 24.4. The van der Waals surface area contributed by atoms with Crippen molar-refractivity contribution < 1.29 is 18.7 Å². The minimum absolute atomic E-state index is 0.0624. The van der Waals surface area contributed by atoms with Crippen molar-refractivity contribution in [3.63, 3.8) is 0 Å². The summed E-state index contributed by atoms with van der Waals surface area (Å²) >= 11 is 5.84. The van der Waals surface area contributed by atoms with Crippen molar-refractivity contribution in [2.24, 2.45) is 0 Å². The molecule has 144 valence electrons. The zero-order valence-corrected chi connectivity index (χ0v) is 16.6. The normalized spacial score (nSPS) is 11.0. The second-order valence-corrected chi connectivity index (χ2v) is 7.25. The van der Waals surface area contributed by atoms with E-state index in [0.29, 0.717) is 0 Å². The number of esters is 1. The summed E-state index contributed by atoms with van der Waals surface area (Å²) in [6, 6.07) is 9.75. The quantitative estimate of drug-likeness (QED) is 0.659. The number of para-hydroxylation sites is 1. The molecule has 0 aromatic heterocycles. The minimum Gasteiger partial charge on any atom is -0.452 e. The highest BCUT2D eigenvalue weighted by molar-refractivity contribution is 6.33. The molecule has 0 aliphatic carbocycles. The smallest absolute Gasteiger partial charge is 0.343 e. The van der Waals surface area contributed by atoms with Crippen molar-refractivity contribution in [1.82, 2.24) is 0 Å². The van der Waals surface area contributed by atoms with Gasteiger partial charge in [-0.25, -0.2) is 9.18 Å². The second kappa shape index (κ2) is 9.00. The largest absolute Gasteiger partial charge is 0.452 e. The van der Waals surface area contributed by atoms with Crippen LogP contribution in [0.5, 0.6) is 0 Å². The minimum atomic E-state index is -0.977. The molecule has 1 N–H and O–H groups in total. The van der Waals surface area contributed by atoms with E-state index in [0.717, 1.165) is 22.9 Å². The van der Waals surface area contributed by atoms with Crippen LogP contribution in [-0.4, -0.2) is 18.5 Å². The van der Waals surface area contributed by atoms with Gasteiger partial charge in [0.15, 0.2) is 6.61 Å². The monoisotopic (exact) mass is 391 g/mol. The summed E-state index contributed by atoms with van der Waals surface area (Å²) in [5, 5.41) is 2.77. The zero-order chi connectivity index (χ0) is 20.1. The summed E-state index contributed by atoms with van der Waals surface area (Å²) in [6.07, 6.45) is 0. The Morgan fingerprint density at radius 1 is 1.04 bits per heavy atom. The number of amides is 1. The number of ether oxygens (including phenoxy) is 1. The molecule has 0 fully saturated rings. The Balaban J connectivity index is 2.14. The van der Waals surface area contributed by atoms with Gasteiger partial charge in [0.2, 0.25) is 0 Å². The molecule has 1 amide bonds. The number of hydrogen-bond acceptors (Lipinski definition) is 3. The average molecular weight is 392 g/mol. The van der Waals surface area contributed by atoms with E-state index in [9.17, 15) is 14.0 Å². The molecule has 6 heteroatoms. The van der Waals surface area contributed by atoms with Gasteiger partial charge >= 0.3 is 5.97 Å². The molecule has 0 saturated heterocycles. The third-order valence-corrected chi connectivity index (χ3v) is 4.45. The summed E-state index contributed by atoms with van der Waals surface area (Å²) in [7, 11) is 0. The summed E-state index contributed by atoms with van der Waals surface area (Å²) < 4.78 is 18.7. The Hall–Kier alpha value is -2.40. The first-order valence-corrected chi connectivity index (χ1v) is 9.14. The number of carbonyl (C=O) groups excluding carboxylic acids is 2. The number of hydrogen-bond donors (Lipinski definition) is 1. The van der Waals surface area contributed by atoms with Gasteiger partial charge in [0, 0.05) is 5.69 Å². The molecule has 2 aromatic rings. The Morgan fingerprint density at radius 3 is 2.11 bits per heavy atom. The highest BCUT2D eigenvalue weighted by atomic mass is 35.5. The van der Waals surface area contributed by atoms with E-state index in [1.165, 1.54) is 12.1 Å². The summed E-state index contributed by atoms with van der Waals surface area (Å²) in [5.41, 5.74) is 2.35. The van der Waals surface area contributed by atoms with Gasteiger partial charge in [-0.15, -0.1) is 0 Å². The van der Waals surface area contributed by atoms with Gasteiger partial charge in [0.1, 0.15) is 11.4 Å². The Kier molecular flexibility index (Phi) is 6.97. The summed E-state index contributed by atoms with van der Waals surface area (Å²) in [6.45, 7) is 7.61. The van der Waals surface area contributed by atoms with Crippen LogP contribution in [0.15, 0.2) is 36.4 Å². The van der Waals surface area contributed by atoms with E-state index in [2.05, 4.69) is 5.32 Å². The summed E-state index contributed by atoms with van der Waals surface area (Å²) in [5.74, 6) is -1.85. The number of carbonyl (C=O) groups is 2. The molecule has 2 aromatic carbocycles. The van der Waals surface area contributed by atoms with Crippen LogP contribution in [0.25, 0.3) is 0 Å². The molecule has 0 aliphatic rings. The van der Waals surface area contributed by atoms with E-state index in [4.69, 9.17) is 16.3 Å². The topological polar surface area (TPSA) is 55.4 Å². The SMILES string of the molecule is CC(C)c1cccc(C(C)C)c1NC(=O)COC(=O)c1c(F)cccc1Cl. The number of rotatable bonds is 6. The molecule has 0 atom stereocenters. The maximum atomic E-state index is 13.8. The standard InChI is InChI=1S/C21H23ClFNO3/c1-12(2)14-7-5-8-15(13(3)4)20(14)24-18(25)11-27-21(26)19-16(22)9-6-10-17(19)23/h5-10,12-13H,11H2,1-4H3,(H,24,25). The third kappa shape index (κ3) is 5.07. The van der Waals surface area contributed by atoms with Crippen LogP contribution in [0, 0.1) is 5.82 Å². The van der Waals surface area contributed by atoms with E-state index in [1.807, 2.05) is 45.9 Å². The van der Waals surface area contributed by atoms with Crippen molar-refractivity contribution in [1.29, 1.82) is 0 Å². The van der Waals surface area contributed by atoms with Gasteiger partial charge in [-0.2, -0.15) is 0 Å². The Bertz CT molecular complexity index is 803. The molecule has 0 spiro atoms. The molecule has 0 bridgehead atoms. The molecule has 0 aliphatic heterocycles. The molecule has 0 unspecified atom stereocenters. The number of nitrogens with one attached hydrogen (secondary N) is 1. The molecule has 0 saturated carbocycles. The predicted molar refractivity (Wildman–Crippen MR) is 105 cm³/mol. The van der Waals surface area contributed by atoms with Crippen LogP contribution in [0.1, 0.15) is 61.0 Å². The fourth-order valence-corrected chi connectivity index (χ4v) is 3.01. The van der Waals surface area contributed by atoms with Crippen molar-refractivity contribution in [3.05, 3.63) is 63.9 Å². The van der Waals surface area contributed by atoms with Gasteiger partial charge in [-0.1, -0.05) is 63.6 Å². The molecular formula is C21H23ClFNO3. The van der Waals surface area contributed by atoms with Crippen LogP contribution in [0.3, 0.4) is 0 Å². The van der Waals surface area contributed by atoms with Crippen molar-refractivity contribution in [2.75, 3.05) is 11.9 Å². The molecule has 0 radical (unpaired) electrons. The van der Waals surface area contributed by atoms with Crippen LogP contribution < -0.4 is 5.32 Å². The molecular weight excluding hydrogens is 369 g/mol. The Morgan fingerprint density at radius 2 is 1.59 bits per heavy atom. The fourth-order valence-electron chi connectivity index (χ4n) is 2.77. The maximum absolute atomic E-state index is 13.8. The molecule has 4 nitrogen and oxygen atoms in total. The van der Waals surface area contributed by atoms with Gasteiger partial charge in [0.05, 0.1) is 5.02 Å². The number of halogens is 2. The third-order valence-electron chi connectivity index (χ3n) is 4.14. The number of anilines is 1. The van der Waals surface area contributed by atoms with E-state index in [1.54, 1.807) is 0 Å². The zero-order valence-electron chi connectivity index (χ0n) is 15.8. The highest BCUT2D eigenvalue weighted by Gasteiger charge is 2.20. The first-order valence-electron chi connectivity index (χ1n) is 8.76. The van der Waals surface area contributed by atoms with Gasteiger partial charge in [0.25, 0.3) is 5.91 Å². The van der Waals surface area contributed by atoms with E-state index < -0.39 is 24.3 Å². The second-order valence-electron chi connectivity index (χ2n) is 6.84. The lowest BCUT2D eigenvalue weighted by Crippen LogP contribution is -2.23. The molecule has 27 heavy (non-hydrogen) atoms. The van der Waals surface area contributed by atoms with E-state index >= 15 is 0 Å². The average Bonchev–Trinajstić information content (AvgIpc) is 2.59. The van der Waals surface area contributed by atoms with E-state index in [-0.39, 0.29) is 22.4 Å². The van der Waals surface area contributed by atoms with Crippen LogP contribution in [0.4, 0.5) is 10.1 Å². The van der Waals surface area contributed by atoms with Crippen LogP contribution >= 0.6 is 11.6 Å². The maximum Gasteiger partial charge on any atom is 0.343 e. The van der Waals surface area contributed by atoms with Gasteiger partial charge in [-0.05, 0) is 35.1 Å². The van der Waals surface area contributed by atoms with Gasteiger partial charge < -0.3 is 10.1 Å². The Labute approximate surface area is 163 Å². The lowest BCUT2D eigenvalue weighted by atomic mass is 9.92. The van der Waals surface area contributed by atoms with Crippen molar-refractivity contribution >= 4 is 29.2 Å². The highest BCUT2D eigenvalue weighted by Crippen LogP contribution is 2.32. The first-order chi connectivity index (χ1) is 12.7. The predicted octanol–water partition coefficient (Wildman–Crippen LogP) is 5.52. The molecule has 0 heterocycles. The van der Waals surface area contributed by atoms with Crippen LogP contribution in [0.2, 0.25) is 5.02 Å².